The Balaban J connectivity index is 1.42. The van der Waals surface area contributed by atoms with E-state index in [0.717, 1.165) is 25.2 Å². The van der Waals surface area contributed by atoms with E-state index in [1.807, 2.05) is 24.4 Å². The number of nitrogens with zero attached hydrogens (tertiary/aromatic N) is 3. The Bertz CT molecular complexity index is 1050. The SMILES string of the molecule is CC1=CC(CNCc2ccccn2)C(C(C)C)CC1Cc1nnc(-c2ccccc2F)o1. The van der Waals surface area contributed by atoms with Gasteiger partial charge in [0.05, 0.1) is 11.3 Å². The van der Waals surface area contributed by atoms with Crippen LogP contribution in [0.3, 0.4) is 0 Å². The summed E-state index contributed by atoms with van der Waals surface area (Å²) in [5.41, 5.74) is 2.77. The number of hydrogen-bond acceptors (Lipinski definition) is 5. The van der Waals surface area contributed by atoms with Gasteiger partial charge < -0.3 is 9.73 Å². The average molecular weight is 435 g/mol. The zero-order valence-corrected chi connectivity index (χ0v) is 19.0. The number of hydrogen-bond donors (Lipinski definition) is 1. The van der Waals surface area contributed by atoms with Crippen LogP contribution in [0, 0.1) is 29.5 Å². The van der Waals surface area contributed by atoms with Gasteiger partial charge in [0, 0.05) is 25.7 Å². The second-order valence-corrected chi connectivity index (χ2v) is 9.05. The second kappa shape index (κ2) is 10.2. The van der Waals surface area contributed by atoms with Crippen LogP contribution >= 0.6 is 0 Å². The van der Waals surface area contributed by atoms with Crippen molar-refractivity contribution in [2.45, 2.75) is 40.2 Å². The molecule has 6 heteroatoms. The molecule has 0 amide bonds. The van der Waals surface area contributed by atoms with E-state index in [1.54, 1.807) is 18.2 Å². The van der Waals surface area contributed by atoms with Crippen molar-refractivity contribution in [3.05, 3.63) is 77.7 Å². The van der Waals surface area contributed by atoms with Crippen LogP contribution in [0.2, 0.25) is 0 Å². The molecule has 1 N–H and O–H groups in total. The number of benzene rings is 1. The van der Waals surface area contributed by atoms with Gasteiger partial charge in [-0.25, -0.2) is 4.39 Å². The van der Waals surface area contributed by atoms with Crippen LogP contribution in [0.1, 0.15) is 38.8 Å². The minimum Gasteiger partial charge on any atom is -0.421 e. The Morgan fingerprint density at radius 2 is 1.94 bits per heavy atom. The van der Waals surface area contributed by atoms with Crippen LogP contribution in [-0.4, -0.2) is 21.7 Å². The molecule has 0 saturated carbocycles. The lowest BCUT2D eigenvalue weighted by Gasteiger charge is -2.37. The van der Waals surface area contributed by atoms with Crippen LogP contribution in [0.5, 0.6) is 0 Å². The van der Waals surface area contributed by atoms with Crippen molar-refractivity contribution in [2.75, 3.05) is 6.54 Å². The predicted octanol–water partition coefficient (Wildman–Crippen LogP) is 5.46. The van der Waals surface area contributed by atoms with Crippen molar-refractivity contribution in [1.29, 1.82) is 0 Å². The molecular formula is C26H31FN4O. The van der Waals surface area contributed by atoms with Gasteiger partial charge in [0.2, 0.25) is 5.89 Å². The highest BCUT2D eigenvalue weighted by molar-refractivity contribution is 5.53. The Morgan fingerprint density at radius 3 is 2.69 bits per heavy atom. The van der Waals surface area contributed by atoms with E-state index in [1.165, 1.54) is 11.6 Å². The third-order valence-electron chi connectivity index (χ3n) is 6.49. The molecule has 168 valence electrons. The van der Waals surface area contributed by atoms with Crippen LogP contribution in [0.25, 0.3) is 11.5 Å². The van der Waals surface area contributed by atoms with Gasteiger partial charge in [-0.1, -0.05) is 43.7 Å². The summed E-state index contributed by atoms with van der Waals surface area (Å²) in [4.78, 5) is 4.39. The van der Waals surface area contributed by atoms with E-state index < -0.39 is 0 Å². The summed E-state index contributed by atoms with van der Waals surface area (Å²) in [5.74, 6) is 2.42. The summed E-state index contributed by atoms with van der Waals surface area (Å²) in [6.07, 6.45) is 6.01. The Hall–Kier alpha value is -2.86. The number of aromatic nitrogens is 3. The lowest BCUT2D eigenvalue weighted by Crippen LogP contribution is -2.34. The zero-order chi connectivity index (χ0) is 22.5. The molecular weight excluding hydrogens is 403 g/mol. The number of rotatable bonds is 8. The second-order valence-electron chi connectivity index (χ2n) is 9.05. The highest BCUT2D eigenvalue weighted by Gasteiger charge is 2.32. The molecule has 32 heavy (non-hydrogen) atoms. The van der Waals surface area contributed by atoms with Crippen molar-refractivity contribution in [2.24, 2.45) is 23.7 Å². The first-order chi connectivity index (χ1) is 15.5. The average Bonchev–Trinajstić information content (AvgIpc) is 3.24. The fraction of sp³-hybridized carbons (Fsp3) is 0.423. The zero-order valence-electron chi connectivity index (χ0n) is 19.0. The largest absolute Gasteiger partial charge is 0.421 e. The lowest BCUT2D eigenvalue weighted by molar-refractivity contribution is 0.218. The summed E-state index contributed by atoms with van der Waals surface area (Å²) >= 11 is 0. The minimum absolute atomic E-state index is 0.243. The van der Waals surface area contributed by atoms with E-state index >= 15 is 0 Å². The maximum absolute atomic E-state index is 14.1. The normalized spacial score (nSPS) is 21.0. The summed E-state index contributed by atoms with van der Waals surface area (Å²) in [5, 5.41) is 11.9. The van der Waals surface area contributed by atoms with Gasteiger partial charge in [0.1, 0.15) is 5.82 Å². The molecule has 5 nitrogen and oxygen atoms in total. The number of nitrogens with one attached hydrogen (secondary N) is 1. The summed E-state index contributed by atoms with van der Waals surface area (Å²) in [6, 6.07) is 12.5. The lowest BCUT2D eigenvalue weighted by atomic mass is 9.70. The molecule has 2 heterocycles. The minimum atomic E-state index is -0.350. The van der Waals surface area contributed by atoms with Crippen molar-refractivity contribution < 1.29 is 8.81 Å². The van der Waals surface area contributed by atoms with Crippen molar-refractivity contribution in [3.8, 4) is 11.5 Å². The Kier molecular flexibility index (Phi) is 7.10. The van der Waals surface area contributed by atoms with Gasteiger partial charge in [0.15, 0.2) is 0 Å². The topological polar surface area (TPSA) is 63.8 Å². The fourth-order valence-electron chi connectivity index (χ4n) is 4.67. The molecule has 3 unspecified atom stereocenters. The van der Waals surface area contributed by atoms with Gasteiger partial charge in [0.25, 0.3) is 5.89 Å². The molecule has 0 bridgehead atoms. The maximum Gasteiger partial charge on any atom is 0.250 e. The van der Waals surface area contributed by atoms with Gasteiger partial charge in [-0.2, -0.15) is 0 Å². The van der Waals surface area contributed by atoms with Crippen LogP contribution in [0.4, 0.5) is 4.39 Å². The summed E-state index contributed by atoms with van der Waals surface area (Å²) < 4.78 is 19.9. The van der Waals surface area contributed by atoms with Gasteiger partial charge in [-0.15, -0.1) is 10.2 Å². The number of allylic oxidation sites excluding steroid dienone is 1. The van der Waals surface area contributed by atoms with Crippen molar-refractivity contribution in [3.63, 3.8) is 0 Å². The fourth-order valence-corrected chi connectivity index (χ4v) is 4.67. The Morgan fingerprint density at radius 1 is 1.12 bits per heavy atom. The van der Waals surface area contributed by atoms with Crippen LogP contribution in [-0.2, 0) is 13.0 Å². The maximum atomic E-state index is 14.1. The molecule has 0 fully saturated rings. The van der Waals surface area contributed by atoms with Crippen LogP contribution in [0.15, 0.2) is 64.7 Å². The van der Waals surface area contributed by atoms with E-state index in [9.17, 15) is 4.39 Å². The number of halogens is 1. The number of pyridine rings is 1. The van der Waals surface area contributed by atoms with Gasteiger partial charge in [-0.3, -0.25) is 4.98 Å². The molecule has 1 aromatic carbocycles. The highest BCUT2D eigenvalue weighted by Crippen LogP contribution is 2.39. The standard InChI is InChI=1S/C26H31FN4O/c1-17(2)23-13-19(14-25-30-31-26(32-25)22-9-4-5-10-24(22)27)18(3)12-20(23)15-28-16-21-8-6-7-11-29-21/h4-12,17,19-20,23,28H,13-16H2,1-3H3. The van der Waals surface area contributed by atoms with E-state index in [4.69, 9.17) is 4.42 Å². The molecule has 0 saturated heterocycles. The smallest absolute Gasteiger partial charge is 0.250 e. The molecule has 0 spiro atoms. The Labute approximate surface area is 189 Å². The molecule has 2 aromatic heterocycles. The molecule has 0 aliphatic heterocycles. The summed E-state index contributed by atoms with van der Waals surface area (Å²) in [6.45, 7) is 8.50. The third-order valence-corrected chi connectivity index (χ3v) is 6.49. The predicted molar refractivity (Wildman–Crippen MR) is 123 cm³/mol. The van der Waals surface area contributed by atoms with Crippen molar-refractivity contribution in [1.82, 2.24) is 20.5 Å². The van der Waals surface area contributed by atoms with E-state index in [2.05, 4.69) is 47.3 Å². The van der Waals surface area contributed by atoms with Gasteiger partial charge >= 0.3 is 0 Å². The van der Waals surface area contributed by atoms with Gasteiger partial charge in [-0.05, 0) is 61.3 Å². The molecule has 3 atom stereocenters. The van der Waals surface area contributed by atoms with E-state index in [-0.39, 0.29) is 11.7 Å². The third kappa shape index (κ3) is 5.30. The van der Waals surface area contributed by atoms with E-state index in [0.29, 0.717) is 41.5 Å². The molecule has 3 aromatic rings. The monoisotopic (exact) mass is 434 g/mol. The molecule has 4 rings (SSSR count). The first-order valence-electron chi connectivity index (χ1n) is 11.4. The molecule has 1 aliphatic carbocycles. The highest BCUT2D eigenvalue weighted by atomic mass is 19.1. The van der Waals surface area contributed by atoms with Crippen molar-refractivity contribution >= 4 is 0 Å². The molecule has 1 aliphatic rings. The quantitative estimate of drug-likeness (QED) is 0.477. The van der Waals surface area contributed by atoms with Crippen LogP contribution < -0.4 is 5.32 Å². The first kappa shape index (κ1) is 22.3. The summed E-state index contributed by atoms with van der Waals surface area (Å²) in [7, 11) is 0. The molecule has 0 radical (unpaired) electrons. The first-order valence-corrected chi connectivity index (χ1v) is 11.4.